The summed E-state index contributed by atoms with van der Waals surface area (Å²) in [7, 11) is 1.42. The van der Waals surface area contributed by atoms with Crippen LogP contribution in [0.5, 0.6) is 0 Å². The maximum Gasteiger partial charge on any atom is 0.320 e. The maximum atomic E-state index is 11.6. The number of thioether (sulfide) groups is 1. The molecule has 0 spiro atoms. The number of carbonyl (C=O) groups is 1. The quantitative estimate of drug-likeness (QED) is 0.666. The van der Waals surface area contributed by atoms with E-state index < -0.39 is 0 Å². The van der Waals surface area contributed by atoms with Crippen molar-refractivity contribution in [1.29, 1.82) is 0 Å². The van der Waals surface area contributed by atoms with Gasteiger partial charge in [0, 0.05) is 24.5 Å². The molecule has 0 amide bonds. The Bertz CT molecular complexity index is 548. The van der Waals surface area contributed by atoms with Gasteiger partial charge in [0.25, 0.3) is 0 Å². The molecule has 1 aromatic carbocycles. The highest BCUT2D eigenvalue weighted by Crippen LogP contribution is 2.21. The van der Waals surface area contributed by atoms with Gasteiger partial charge in [-0.05, 0) is 49.3 Å². The summed E-state index contributed by atoms with van der Waals surface area (Å²) in [6.45, 7) is 5.59. The normalized spacial score (nSPS) is 18.2. The number of hydrogen-bond donors (Lipinski definition) is 1. The number of ether oxygens (including phenoxy) is 1. The van der Waals surface area contributed by atoms with E-state index in [1.54, 1.807) is 11.8 Å². The van der Waals surface area contributed by atoms with Crippen molar-refractivity contribution in [3.8, 4) is 0 Å². The monoisotopic (exact) mass is 324 g/mol. The summed E-state index contributed by atoms with van der Waals surface area (Å²) < 4.78 is 4.81. The van der Waals surface area contributed by atoms with E-state index in [9.17, 15) is 4.79 Å². The van der Waals surface area contributed by atoms with Crippen LogP contribution in [0.3, 0.4) is 0 Å². The highest BCUT2D eigenvalue weighted by atomic mass is 32.2. The predicted octanol–water partition coefficient (Wildman–Crippen LogP) is 2.59. The third-order valence-electron chi connectivity index (χ3n) is 3.58. The van der Waals surface area contributed by atoms with Crippen molar-refractivity contribution in [2.24, 2.45) is 0 Å². The van der Waals surface area contributed by atoms with Gasteiger partial charge in [0.1, 0.15) is 5.25 Å². The van der Waals surface area contributed by atoms with E-state index in [0.29, 0.717) is 11.7 Å². The van der Waals surface area contributed by atoms with Crippen LogP contribution in [0.2, 0.25) is 0 Å². The van der Waals surface area contributed by atoms with E-state index in [1.165, 1.54) is 18.2 Å². The number of methoxy groups -OCH3 is 1. The van der Waals surface area contributed by atoms with Crippen LogP contribution in [0.1, 0.15) is 11.1 Å². The molecule has 1 saturated heterocycles. The van der Waals surface area contributed by atoms with Gasteiger partial charge in [-0.15, -0.1) is 11.8 Å². The molecule has 1 N–H and O–H groups in total. The SMILES string of the molecule is COC(=O)[C@H]1CN(C(=S)Nc2ccc(C)c(C)c2)CCS1. The van der Waals surface area contributed by atoms with Crippen LogP contribution >= 0.6 is 24.0 Å². The summed E-state index contributed by atoms with van der Waals surface area (Å²) in [4.78, 5) is 13.7. The van der Waals surface area contributed by atoms with Crippen LogP contribution in [0.25, 0.3) is 0 Å². The Morgan fingerprint density at radius 1 is 1.43 bits per heavy atom. The molecular weight excluding hydrogens is 304 g/mol. The topological polar surface area (TPSA) is 41.6 Å². The van der Waals surface area contributed by atoms with Crippen LogP contribution in [0.4, 0.5) is 5.69 Å². The molecule has 1 aliphatic heterocycles. The number of thiocarbonyl (C=S) groups is 1. The average Bonchev–Trinajstić information content (AvgIpc) is 2.50. The number of rotatable bonds is 2. The molecule has 0 aliphatic carbocycles. The lowest BCUT2D eigenvalue weighted by molar-refractivity contribution is -0.140. The van der Waals surface area contributed by atoms with Crippen LogP contribution in [-0.4, -0.2) is 47.2 Å². The van der Waals surface area contributed by atoms with E-state index >= 15 is 0 Å². The fourth-order valence-corrected chi connectivity index (χ4v) is 3.54. The molecule has 1 atom stereocenters. The number of nitrogens with zero attached hydrogens (tertiary/aromatic N) is 1. The lowest BCUT2D eigenvalue weighted by atomic mass is 10.1. The summed E-state index contributed by atoms with van der Waals surface area (Å²) in [5, 5.41) is 3.75. The molecule has 0 unspecified atom stereocenters. The van der Waals surface area contributed by atoms with Crippen LogP contribution in [0, 0.1) is 13.8 Å². The van der Waals surface area contributed by atoms with Crippen LogP contribution in [-0.2, 0) is 9.53 Å². The smallest absolute Gasteiger partial charge is 0.320 e. The zero-order valence-corrected chi connectivity index (χ0v) is 14.1. The van der Waals surface area contributed by atoms with Gasteiger partial charge in [-0.1, -0.05) is 6.07 Å². The van der Waals surface area contributed by atoms with Gasteiger partial charge in [0.05, 0.1) is 7.11 Å². The Morgan fingerprint density at radius 3 is 2.86 bits per heavy atom. The van der Waals surface area contributed by atoms with Crippen LogP contribution in [0.15, 0.2) is 18.2 Å². The molecule has 0 radical (unpaired) electrons. The van der Waals surface area contributed by atoms with Crippen molar-refractivity contribution in [2.45, 2.75) is 19.1 Å². The lowest BCUT2D eigenvalue weighted by Crippen LogP contribution is -2.46. The summed E-state index contributed by atoms with van der Waals surface area (Å²) in [6, 6.07) is 6.17. The zero-order chi connectivity index (χ0) is 15.4. The number of esters is 1. The van der Waals surface area contributed by atoms with E-state index in [4.69, 9.17) is 17.0 Å². The Labute approximate surface area is 135 Å². The van der Waals surface area contributed by atoms with Gasteiger partial charge in [-0.2, -0.15) is 0 Å². The molecule has 0 bridgehead atoms. The Balaban J connectivity index is 1.99. The van der Waals surface area contributed by atoms with E-state index in [0.717, 1.165) is 18.0 Å². The highest BCUT2D eigenvalue weighted by Gasteiger charge is 2.28. The lowest BCUT2D eigenvalue weighted by Gasteiger charge is -2.33. The van der Waals surface area contributed by atoms with E-state index in [-0.39, 0.29) is 11.2 Å². The summed E-state index contributed by atoms with van der Waals surface area (Å²) in [5.41, 5.74) is 3.46. The average molecular weight is 324 g/mol. The molecule has 0 saturated carbocycles. The Hall–Kier alpha value is -1.27. The minimum absolute atomic E-state index is 0.164. The molecule has 1 fully saturated rings. The molecule has 6 heteroatoms. The third-order valence-corrected chi connectivity index (χ3v) is 5.10. The number of anilines is 1. The van der Waals surface area contributed by atoms with Crippen LogP contribution < -0.4 is 5.32 Å². The first kappa shape index (κ1) is 16.1. The van der Waals surface area contributed by atoms with E-state index in [2.05, 4.69) is 31.3 Å². The Morgan fingerprint density at radius 2 is 2.19 bits per heavy atom. The first-order chi connectivity index (χ1) is 10.0. The van der Waals surface area contributed by atoms with Crippen molar-refractivity contribution in [2.75, 3.05) is 31.3 Å². The Kier molecular flexibility index (Phi) is 5.47. The highest BCUT2D eigenvalue weighted by molar-refractivity contribution is 8.00. The van der Waals surface area contributed by atoms with Crippen molar-refractivity contribution in [3.05, 3.63) is 29.3 Å². The predicted molar refractivity (Wildman–Crippen MR) is 92.0 cm³/mol. The summed E-state index contributed by atoms with van der Waals surface area (Å²) >= 11 is 7.09. The largest absolute Gasteiger partial charge is 0.468 e. The van der Waals surface area contributed by atoms with E-state index in [1.807, 2.05) is 11.0 Å². The molecular formula is C15H20N2O2S2. The molecule has 1 heterocycles. The zero-order valence-electron chi connectivity index (χ0n) is 12.5. The molecule has 0 aromatic heterocycles. The molecule has 1 aromatic rings. The van der Waals surface area contributed by atoms with Crippen molar-refractivity contribution < 1.29 is 9.53 Å². The minimum atomic E-state index is -0.182. The van der Waals surface area contributed by atoms with Crippen molar-refractivity contribution in [3.63, 3.8) is 0 Å². The maximum absolute atomic E-state index is 11.6. The number of hydrogen-bond acceptors (Lipinski definition) is 4. The van der Waals surface area contributed by atoms with Crippen molar-refractivity contribution >= 4 is 40.7 Å². The number of aryl methyl sites for hydroxylation is 2. The summed E-state index contributed by atoms with van der Waals surface area (Å²) in [6.07, 6.45) is 0. The number of nitrogens with one attached hydrogen (secondary N) is 1. The molecule has 1 aliphatic rings. The van der Waals surface area contributed by atoms with Gasteiger partial charge in [0.2, 0.25) is 0 Å². The van der Waals surface area contributed by atoms with Gasteiger partial charge < -0.3 is 15.0 Å². The fourth-order valence-electron chi connectivity index (χ4n) is 2.13. The molecule has 2 rings (SSSR count). The molecule has 114 valence electrons. The second kappa shape index (κ2) is 7.13. The number of benzene rings is 1. The van der Waals surface area contributed by atoms with Gasteiger partial charge in [0.15, 0.2) is 5.11 Å². The molecule has 21 heavy (non-hydrogen) atoms. The van der Waals surface area contributed by atoms with Gasteiger partial charge in [-0.3, -0.25) is 4.79 Å². The second-order valence-electron chi connectivity index (χ2n) is 5.06. The van der Waals surface area contributed by atoms with Crippen molar-refractivity contribution in [1.82, 2.24) is 4.90 Å². The third kappa shape index (κ3) is 4.11. The molecule has 4 nitrogen and oxygen atoms in total. The summed E-state index contributed by atoms with van der Waals surface area (Å²) in [5.74, 6) is 0.688. The fraction of sp³-hybridized carbons (Fsp3) is 0.467. The van der Waals surface area contributed by atoms with Gasteiger partial charge in [-0.25, -0.2) is 0 Å². The van der Waals surface area contributed by atoms with Gasteiger partial charge >= 0.3 is 5.97 Å². The first-order valence-electron chi connectivity index (χ1n) is 6.84. The minimum Gasteiger partial charge on any atom is -0.468 e. The first-order valence-corrected chi connectivity index (χ1v) is 8.29. The standard InChI is InChI=1S/C15H20N2O2S2/c1-10-4-5-12(8-11(10)2)16-15(20)17-6-7-21-13(9-17)14(18)19-3/h4-5,8,13H,6-7,9H2,1-3H3,(H,16,20)/t13-/m1/s1. The second-order valence-corrected chi connectivity index (χ2v) is 6.76. The number of carbonyl (C=O) groups excluding carboxylic acids is 1.